The smallest absolute Gasteiger partial charge is 0.234 e. The standard InChI is InChI=1S/C21H20N2O3S/c1-12-6-15-7-14(3)21(23-17(15)8-13(12)2)27-10-20(24)22-16-4-5-18-19(9-16)26-11-25-18/h4-9H,10-11H2,1-3H3,(H,22,24). The summed E-state index contributed by atoms with van der Waals surface area (Å²) in [5, 5.41) is 4.90. The number of hydrogen-bond donors (Lipinski definition) is 1. The molecule has 0 spiro atoms. The number of anilines is 1. The Kier molecular flexibility index (Phi) is 4.66. The molecule has 0 saturated heterocycles. The zero-order valence-electron chi connectivity index (χ0n) is 15.5. The summed E-state index contributed by atoms with van der Waals surface area (Å²) < 4.78 is 10.6. The molecule has 138 valence electrons. The van der Waals surface area contributed by atoms with Crippen LogP contribution in [0.3, 0.4) is 0 Å². The normalized spacial score (nSPS) is 12.4. The van der Waals surface area contributed by atoms with Crippen LogP contribution in [0.1, 0.15) is 16.7 Å². The van der Waals surface area contributed by atoms with E-state index in [1.165, 1.54) is 22.9 Å². The van der Waals surface area contributed by atoms with E-state index in [2.05, 4.69) is 37.4 Å². The third-order valence-electron chi connectivity index (χ3n) is 4.57. The highest BCUT2D eigenvalue weighted by molar-refractivity contribution is 8.00. The van der Waals surface area contributed by atoms with E-state index in [1.807, 2.05) is 6.92 Å². The molecule has 5 nitrogen and oxygen atoms in total. The van der Waals surface area contributed by atoms with Crippen molar-refractivity contribution in [1.82, 2.24) is 4.98 Å². The van der Waals surface area contributed by atoms with E-state index in [0.717, 1.165) is 21.5 Å². The number of thioether (sulfide) groups is 1. The Balaban J connectivity index is 1.45. The molecule has 0 saturated carbocycles. The molecule has 0 atom stereocenters. The van der Waals surface area contributed by atoms with Crippen LogP contribution >= 0.6 is 11.8 Å². The minimum absolute atomic E-state index is 0.0831. The Morgan fingerprint density at radius 2 is 1.78 bits per heavy atom. The summed E-state index contributed by atoms with van der Waals surface area (Å²) in [6, 6.07) is 11.8. The maximum atomic E-state index is 12.3. The highest BCUT2D eigenvalue weighted by atomic mass is 32.2. The first-order valence-electron chi connectivity index (χ1n) is 8.70. The number of ether oxygens (including phenoxy) is 2. The van der Waals surface area contributed by atoms with Crippen LogP contribution in [0.4, 0.5) is 5.69 Å². The summed E-state index contributed by atoms with van der Waals surface area (Å²) >= 11 is 1.45. The van der Waals surface area contributed by atoms with Gasteiger partial charge >= 0.3 is 0 Å². The van der Waals surface area contributed by atoms with Crippen molar-refractivity contribution in [2.45, 2.75) is 25.8 Å². The fraction of sp³-hybridized carbons (Fsp3) is 0.238. The second-order valence-electron chi connectivity index (χ2n) is 6.64. The fourth-order valence-electron chi connectivity index (χ4n) is 2.98. The topological polar surface area (TPSA) is 60.5 Å². The number of rotatable bonds is 4. The van der Waals surface area contributed by atoms with Crippen molar-refractivity contribution in [2.75, 3.05) is 17.9 Å². The number of carbonyl (C=O) groups is 1. The molecule has 0 radical (unpaired) electrons. The van der Waals surface area contributed by atoms with E-state index in [1.54, 1.807) is 18.2 Å². The van der Waals surface area contributed by atoms with Crippen molar-refractivity contribution in [2.24, 2.45) is 0 Å². The van der Waals surface area contributed by atoms with Crippen molar-refractivity contribution < 1.29 is 14.3 Å². The van der Waals surface area contributed by atoms with Crippen molar-refractivity contribution in [3.8, 4) is 11.5 Å². The van der Waals surface area contributed by atoms with Gasteiger partial charge in [-0.1, -0.05) is 11.8 Å². The Morgan fingerprint density at radius 1 is 1.04 bits per heavy atom. The molecule has 0 fully saturated rings. The van der Waals surface area contributed by atoms with E-state index in [-0.39, 0.29) is 12.7 Å². The van der Waals surface area contributed by atoms with Crippen LogP contribution < -0.4 is 14.8 Å². The summed E-state index contributed by atoms with van der Waals surface area (Å²) in [7, 11) is 0. The van der Waals surface area contributed by atoms with Gasteiger partial charge in [0.25, 0.3) is 0 Å². The number of fused-ring (bicyclic) bond motifs is 2. The average molecular weight is 380 g/mol. The van der Waals surface area contributed by atoms with Gasteiger partial charge in [-0.3, -0.25) is 4.79 Å². The van der Waals surface area contributed by atoms with Gasteiger partial charge in [0.2, 0.25) is 12.7 Å². The van der Waals surface area contributed by atoms with Gasteiger partial charge in [0.05, 0.1) is 11.3 Å². The number of pyridine rings is 1. The first-order valence-corrected chi connectivity index (χ1v) is 9.69. The van der Waals surface area contributed by atoms with E-state index in [0.29, 0.717) is 22.9 Å². The zero-order valence-corrected chi connectivity index (χ0v) is 16.3. The number of amides is 1. The first kappa shape index (κ1) is 17.7. The van der Waals surface area contributed by atoms with Crippen LogP contribution in [0.15, 0.2) is 41.4 Å². The lowest BCUT2D eigenvalue weighted by atomic mass is 10.1. The Bertz CT molecular complexity index is 1050. The van der Waals surface area contributed by atoms with Crippen LogP contribution in [0.5, 0.6) is 11.5 Å². The van der Waals surface area contributed by atoms with Crippen LogP contribution in [0.2, 0.25) is 0 Å². The lowest BCUT2D eigenvalue weighted by molar-refractivity contribution is -0.113. The predicted molar refractivity (Wildman–Crippen MR) is 108 cm³/mol. The number of nitrogens with zero attached hydrogens (tertiary/aromatic N) is 1. The SMILES string of the molecule is Cc1cc2cc(C)c(SCC(=O)Nc3ccc4c(c3)OCO4)nc2cc1C. The van der Waals surface area contributed by atoms with Gasteiger partial charge in [-0.2, -0.15) is 0 Å². The zero-order chi connectivity index (χ0) is 19.0. The van der Waals surface area contributed by atoms with Gasteiger partial charge in [0, 0.05) is 17.1 Å². The molecular weight excluding hydrogens is 360 g/mol. The van der Waals surface area contributed by atoms with Crippen molar-refractivity contribution in [3.63, 3.8) is 0 Å². The number of aryl methyl sites for hydroxylation is 3. The average Bonchev–Trinajstić information content (AvgIpc) is 3.09. The Hall–Kier alpha value is -2.73. The van der Waals surface area contributed by atoms with E-state index >= 15 is 0 Å². The van der Waals surface area contributed by atoms with Crippen LogP contribution in [-0.4, -0.2) is 23.4 Å². The minimum Gasteiger partial charge on any atom is -0.454 e. The summed E-state index contributed by atoms with van der Waals surface area (Å²) in [4.78, 5) is 17.1. The molecule has 3 aromatic rings. The number of aromatic nitrogens is 1. The number of hydrogen-bond acceptors (Lipinski definition) is 5. The molecule has 1 amide bonds. The van der Waals surface area contributed by atoms with Gasteiger partial charge < -0.3 is 14.8 Å². The summed E-state index contributed by atoms with van der Waals surface area (Å²) in [6.45, 7) is 6.43. The Morgan fingerprint density at radius 3 is 2.63 bits per heavy atom. The molecule has 4 rings (SSSR count). The van der Waals surface area contributed by atoms with E-state index in [9.17, 15) is 4.79 Å². The summed E-state index contributed by atoms with van der Waals surface area (Å²) in [6.07, 6.45) is 0. The number of carbonyl (C=O) groups excluding carboxylic acids is 1. The van der Waals surface area contributed by atoms with Crippen LogP contribution in [-0.2, 0) is 4.79 Å². The summed E-state index contributed by atoms with van der Waals surface area (Å²) in [5.74, 6) is 1.56. The number of nitrogens with one attached hydrogen (secondary N) is 1. The first-order chi connectivity index (χ1) is 13.0. The number of benzene rings is 2. The molecular formula is C21H20N2O3S. The lowest BCUT2D eigenvalue weighted by Gasteiger charge is -2.10. The van der Waals surface area contributed by atoms with Crippen molar-refractivity contribution >= 4 is 34.3 Å². The molecule has 1 aliphatic heterocycles. The molecule has 0 unspecified atom stereocenters. The van der Waals surface area contributed by atoms with Crippen LogP contribution in [0, 0.1) is 20.8 Å². The predicted octanol–water partition coefficient (Wildman–Crippen LogP) is 4.62. The van der Waals surface area contributed by atoms with Crippen LogP contribution in [0.25, 0.3) is 10.9 Å². The van der Waals surface area contributed by atoms with Gasteiger partial charge in [-0.15, -0.1) is 0 Å². The highest BCUT2D eigenvalue weighted by Crippen LogP contribution is 2.34. The van der Waals surface area contributed by atoms with Crippen molar-refractivity contribution in [3.05, 3.63) is 53.1 Å². The molecule has 0 bridgehead atoms. The third-order valence-corrected chi connectivity index (χ3v) is 5.66. The van der Waals surface area contributed by atoms with Gasteiger partial charge in [-0.25, -0.2) is 4.98 Å². The molecule has 2 aromatic carbocycles. The second-order valence-corrected chi connectivity index (χ2v) is 7.61. The van der Waals surface area contributed by atoms with Gasteiger partial charge in [0.1, 0.15) is 5.03 Å². The fourth-order valence-corrected chi connectivity index (χ4v) is 3.77. The maximum Gasteiger partial charge on any atom is 0.234 e. The third kappa shape index (κ3) is 3.71. The largest absolute Gasteiger partial charge is 0.454 e. The molecule has 1 aromatic heterocycles. The molecule has 2 heterocycles. The monoisotopic (exact) mass is 380 g/mol. The van der Waals surface area contributed by atoms with Crippen molar-refractivity contribution in [1.29, 1.82) is 0 Å². The molecule has 1 aliphatic rings. The summed E-state index contributed by atoms with van der Waals surface area (Å²) in [5.41, 5.74) is 5.20. The van der Waals surface area contributed by atoms with Gasteiger partial charge in [0.15, 0.2) is 11.5 Å². The molecule has 6 heteroatoms. The second kappa shape index (κ2) is 7.12. The lowest BCUT2D eigenvalue weighted by Crippen LogP contribution is -2.14. The minimum atomic E-state index is -0.0831. The quantitative estimate of drug-likeness (QED) is 0.669. The molecule has 1 N–H and O–H groups in total. The highest BCUT2D eigenvalue weighted by Gasteiger charge is 2.14. The van der Waals surface area contributed by atoms with Gasteiger partial charge in [-0.05, 0) is 67.8 Å². The van der Waals surface area contributed by atoms with E-state index < -0.39 is 0 Å². The Labute approximate surface area is 162 Å². The van der Waals surface area contributed by atoms with E-state index in [4.69, 9.17) is 14.5 Å². The molecule has 0 aliphatic carbocycles. The maximum absolute atomic E-state index is 12.3. The molecule has 27 heavy (non-hydrogen) atoms.